The first-order chi connectivity index (χ1) is 8.15. The van der Waals surface area contributed by atoms with Gasteiger partial charge in [0.05, 0.1) is 6.42 Å². The van der Waals surface area contributed by atoms with Crippen LogP contribution in [0.2, 0.25) is 0 Å². The minimum Gasteiger partial charge on any atom is -0.328 e. The van der Waals surface area contributed by atoms with Gasteiger partial charge in [0.2, 0.25) is 5.91 Å². The highest BCUT2D eigenvalue weighted by atomic mass is 16.1. The van der Waals surface area contributed by atoms with Crippen LogP contribution in [0.25, 0.3) is 0 Å². The van der Waals surface area contributed by atoms with E-state index in [1.54, 1.807) is 0 Å². The molecule has 1 aliphatic heterocycles. The highest BCUT2D eigenvalue weighted by Crippen LogP contribution is 2.23. The van der Waals surface area contributed by atoms with Crippen molar-refractivity contribution in [1.82, 2.24) is 5.32 Å². The van der Waals surface area contributed by atoms with Gasteiger partial charge in [0.25, 0.3) is 0 Å². The molecule has 0 spiro atoms. The van der Waals surface area contributed by atoms with Gasteiger partial charge in [-0.05, 0) is 37.1 Å². The molecule has 4 N–H and O–H groups in total. The number of amides is 1. The minimum atomic E-state index is 0.0852. The molecule has 1 unspecified atom stereocenters. The molecule has 2 rings (SSSR count). The highest BCUT2D eigenvalue weighted by Gasteiger charge is 2.16. The van der Waals surface area contributed by atoms with E-state index in [1.807, 2.05) is 19.1 Å². The van der Waals surface area contributed by atoms with Crippen LogP contribution >= 0.6 is 0 Å². The van der Waals surface area contributed by atoms with Crippen molar-refractivity contribution in [3.05, 3.63) is 29.3 Å². The molecule has 1 amide bonds. The predicted octanol–water partition coefficient (Wildman–Crippen LogP) is 1.01. The van der Waals surface area contributed by atoms with Crippen LogP contribution in [0.1, 0.15) is 24.5 Å². The lowest BCUT2D eigenvalue weighted by atomic mass is 10.1. The summed E-state index contributed by atoms with van der Waals surface area (Å²) >= 11 is 0. The summed E-state index contributed by atoms with van der Waals surface area (Å²) in [4.78, 5) is 11.2. The van der Waals surface area contributed by atoms with Crippen molar-refractivity contribution < 1.29 is 4.79 Å². The topological polar surface area (TPSA) is 67.1 Å². The molecule has 17 heavy (non-hydrogen) atoms. The Bertz CT molecular complexity index is 415. The third-order valence-electron chi connectivity index (χ3n) is 2.90. The van der Waals surface area contributed by atoms with E-state index < -0.39 is 0 Å². The first kappa shape index (κ1) is 12.1. The summed E-state index contributed by atoms with van der Waals surface area (Å²) in [7, 11) is 0. The Labute approximate surface area is 102 Å². The fourth-order valence-corrected chi connectivity index (χ4v) is 1.96. The molecule has 4 heteroatoms. The van der Waals surface area contributed by atoms with Gasteiger partial charge < -0.3 is 16.4 Å². The molecule has 0 radical (unpaired) electrons. The van der Waals surface area contributed by atoms with E-state index in [1.165, 1.54) is 5.56 Å². The van der Waals surface area contributed by atoms with E-state index in [-0.39, 0.29) is 11.9 Å². The van der Waals surface area contributed by atoms with Gasteiger partial charge in [-0.3, -0.25) is 4.79 Å². The fourth-order valence-electron chi connectivity index (χ4n) is 1.96. The van der Waals surface area contributed by atoms with Crippen molar-refractivity contribution in [1.29, 1.82) is 0 Å². The molecule has 1 atom stereocenters. The van der Waals surface area contributed by atoms with Gasteiger partial charge in [0, 0.05) is 18.3 Å². The summed E-state index contributed by atoms with van der Waals surface area (Å²) in [5, 5.41) is 6.18. The maximum absolute atomic E-state index is 11.2. The smallest absolute Gasteiger partial charge is 0.228 e. The molecule has 0 aromatic heterocycles. The Morgan fingerprint density at radius 2 is 2.35 bits per heavy atom. The van der Waals surface area contributed by atoms with Crippen molar-refractivity contribution in [2.45, 2.75) is 32.4 Å². The summed E-state index contributed by atoms with van der Waals surface area (Å²) in [5.41, 5.74) is 8.94. The quantitative estimate of drug-likeness (QED) is 0.665. The maximum Gasteiger partial charge on any atom is 0.228 e. The normalized spacial score (nSPS) is 15.5. The van der Waals surface area contributed by atoms with Crippen molar-refractivity contribution >= 4 is 11.6 Å². The molecule has 92 valence electrons. The molecular formula is C13H19N3O. The predicted molar refractivity (Wildman–Crippen MR) is 68.7 cm³/mol. The number of nitrogens with one attached hydrogen (secondary N) is 2. The van der Waals surface area contributed by atoms with Crippen LogP contribution in [0.15, 0.2) is 18.2 Å². The average Bonchev–Trinajstić information content (AvgIpc) is 2.63. The van der Waals surface area contributed by atoms with Crippen LogP contribution in [0.3, 0.4) is 0 Å². The van der Waals surface area contributed by atoms with Crippen LogP contribution < -0.4 is 16.4 Å². The number of rotatable bonds is 5. The molecule has 1 aromatic rings. The number of carbonyl (C=O) groups excluding carboxylic acids is 1. The second-order valence-corrected chi connectivity index (χ2v) is 4.66. The third kappa shape index (κ3) is 3.28. The first-order valence-electron chi connectivity index (χ1n) is 6.03. The van der Waals surface area contributed by atoms with Crippen LogP contribution in [0, 0.1) is 0 Å². The average molecular weight is 233 g/mol. The second-order valence-electron chi connectivity index (χ2n) is 4.66. The van der Waals surface area contributed by atoms with Gasteiger partial charge in [-0.2, -0.15) is 0 Å². The second kappa shape index (κ2) is 5.29. The van der Waals surface area contributed by atoms with Crippen LogP contribution in [0.5, 0.6) is 0 Å². The van der Waals surface area contributed by atoms with Crippen LogP contribution in [-0.4, -0.2) is 18.5 Å². The molecule has 0 aliphatic carbocycles. The monoisotopic (exact) mass is 233 g/mol. The van der Waals surface area contributed by atoms with E-state index in [9.17, 15) is 4.79 Å². The third-order valence-corrected chi connectivity index (χ3v) is 2.90. The zero-order chi connectivity index (χ0) is 12.3. The summed E-state index contributed by atoms with van der Waals surface area (Å²) in [6.07, 6.45) is 1.48. The van der Waals surface area contributed by atoms with E-state index in [4.69, 9.17) is 5.73 Å². The number of hydrogen-bond acceptors (Lipinski definition) is 3. The maximum atomic E-state index is 11.2. The SMILES string of the molecule is CC(N)CCNCc1ccc2c(c1)CC(=O)N2. The highest BCUT2D eigenvalue weighted by molar-refractivity contribution is 5.99. The van der Waals surface area contributed by atoms with Crippen LogP contribution in [-0.2, 0) is 17.8 Å². The van der Waals surface area contributed by atoms with Crippen molar-refractivity contribution in [2.75, 3.05) is 11.9 Å². The molecule has 1 aromatic carbocycles. The summed E-state index contributed by atoms with van der Waals surface area (Å²) in [6.45, 7) is 3.76. The van der Waals surface area contributed by atoms with Gasteiger partial charge >= 0.3 is 0 Å². The lowest BCUT2D eigenvalue weighted by Crippen LogP contribution is -2.23. The Morgan fingerprint density at radius 3 is 3.12 bits per heavy atom. The van der Waals surface area contributed by atoms with Crippen molar-refractivity contribution in [3.63, 3.8) is 0 Å². The molecule has 1 aliphatic rings. The molecule has 0 bridgehead atoms. The summed E-state index contributed by atoms with van der Waals surface area (Å²) < 4.78 is 0. The van der Waals surface area contributed by atoms with E-state index >= 15 is 0 Å². The van der Waals surface area contributed by atoms with Crippen molar-refractivity contribution in [3.8, 4) is 0 Å². The summed E-state index contributed by atoms with van der Waals surface area (Å²) in [5.74, 6) is 0.0852. The molecule has 0 saturated heterocycles. The fraction of sp³-hybridized carbons (Fsp3) is 0.462. The minimum absolute atomic E-state index is 0.0852. The summed E-state index contributed by atoms with van der Waals surface area (Å²) in [6, 6.07) is 6.35. The van der Waals surface area contributed by atoms with E-state index in [2.05, 4.69) is 16.7 Å². The number of nitrogens with two attached hydrogens (primary N) is 1. The van der Waals surface area contributed by atoms with Gasteiger partial charge in [-0.25, -0.2) is 0 Å². The van der Waals surface area contributed by atoms with Gasteiger partial charge in [0.1, 0.15) is 0 Å². The molecule has 1 heterocycles. The standard InChI is InChI=1S/C13H19N3O/c1-9(14)4-5-15-8-10-2-3-12-11(6-10)7-13(17)16-12/h2-3,6,9,15H,4-5,7-8,14H2,1H3,(H,16,17). The number of carbonyl (C=O) groups is 1. The Hall–Kier alpha value is -1.39. The van der Waals surface area contributed by atoms with Crippen LogP contribution in [0.4, 0.5) is 5.69 Å². The lowest BCUT2D eigenvalue weighted by molar-refractivity contribution is -0.115. The number of fused-ring (bicyclic) bond motifs is 1. The zero-order valence-electron chi connectivity index (χ0n) is 10.1. The number of hydrogen-bond donors (Lipinski definition) is 3. The number of benzene rings is 1. The van der Waals surface area contributed by atoms with Crippen molar-refractivity contribution in [2.24, 2.45) is 5.73 Å². The van der Waals surface area contributed by atoms with Gasteiger partial charge in [-0.1, -0.05) is 12.1 Å². The Balaban J connectivity index is 1.86. The van der Waals surface area contributed by atoms with Gasteiger partial charge in [0.15, 0.2) is 0 Å². The molecule has 0 saturated carbocycles. The first-order valence-corrected chi connectivity index (χ1v) is 6.03. The molecule has 0 fully saturated rings. The zero-order valence-corrected chi connectivity index (χ0v) is 10.1. The van der Waals surface area contributed by atoms with E-state index in [0.29, 0.717) is 6.42 Å². The Morgan fingerprint density at radius 1 is 1.53 bits per heavy atom. The number of anilines is 1. The van der Waals surface area contributed by atoms with E-state index in [0.717, 1.165) is 30.8 Å². The molecule has 4 nitrogen and oxygen atoms in total. The Kier molecular flexibility index (Phi) is 3.76. The lowest BCUT2D eigenvalue weighted by Gasteiger charge is -2.08. The largest absolute Gasteiger partial charge is 0.328 e. The molecular weight excluding hydrogens is 214 g/mol. The van der Waals surface area contributed by atoms with Gasteiger partial charge in [-0.15, -0.1) is 0 Å².